The van der Waals surface area contributed by atoms with E-state index in [-0.39, 0.29) is 5.56 Å². The molecule has 0 bridgehead atoms. The minimum atomic E-state index is -0.609. The molecule has 0 radical (unpaired) electrons. The van der Waals surface area contributed by atoms with Gasteiger partial charge in [0.2, 0.25) is 11.6 Å². The Kier molecular flexibility index (Phi) is 8.89. The largest absolute Gasteiger partial charge is 0.455 e. The number of para-hydroxylation sites is 1. The van der Waals surface area contributed by atoms with Gasteiger partial charge in [-0.05, 0) is 103 Å². The lowest BCUT2D eigenvalue weighted by Gasteiger charge is -2.31. The molecule has 0 saturated carbocycles. The van der Waals surface area contributed by atoms with Crippen molar-refractivity contribution in [2.24, 2.45) is 0 Å². The van der Waals surface area contributed by atoms with Gasteiger partial charge in [-0.3, -0.25) is 9.59 Å². The predicted molar refractivity (Wildman–Crippen MR) is 299 cm³/mol. The predicted octanol–water partition coefficient (Wildman–Crippen LogP) is 18.5. The second-order valence-corrected chi connectivity index (χ2v) is 18.9. The molecule has 0 fully saturated rings. The Labute approximate surface area is 418 Å². The Balaban J connectivity index is 1.10. The van der Waals surface area contributed by atoms with Crippen LogP contribution in [0.1, 0.15) is 20.7 Å². The third-order valence-electron chi connectivity index (χ3n) is 15.0. The summed E-state index contributed by atoms with van der Waals surface area (Å²) >= 11 is 0. The SMILES string of the molecule is O=C1C(=O)c2c(N(c3cccc(-c4ccccc4)c3)c3cc4ccccc4c4ccccc34)cc3c(oc4cc(-c5ccccc5)ccc43)c2-c2c1ccc1oc3c(-c4cccc5ccccc45)cccc3c21. The van der Waals surface area contributed by atoms with Crippen LogP contribution in [-0.2, 0) is 0 Å². The maximum absolute atomic E-state index is 15.7. The van der Waals surface area contributed by atoms with Crippen molar-refractivity contribution in [3.05, 3.63) is 248 Å². The van der Waals surface area contributed by atoms with Gasteiger partial charge >= 0.3 is 0 Å². The lowest BCUT2D eigenvalue weighted by atomic mass is 9.79. The van der Waals surface area contributed by atoms with Crippen LogP contribution in [0.2, 0.25) is 0 Å². The van der Waals surface area contributed by atoms with Gasteiger partial charge in [0.25, 0.3) is 0 Å². The van der Waals surface area contributed by atoms with Crippen LogP contribution in [0.3, 0.4) is 0 Å². The van der Waals surface area contributed by atoms with E-state index in [1.54, 1.807) is 6.07 Å². The summed E-state index contributed by atoms with van der Waals surface area (Å²) in [5, 5.41) is 9.71. The van der Waals surface area contributed by atoms with Crippen molar-refractivity contribution in [1.82, 2.24) is 0 Å². The van der Waals surface area contributed by atoms with E-state index in [2.05, 4.69) is 193 Å². The molecule has 2 aromatic heterocycles. The summed E-state index contributed by atoms with van der Waals surface area (Å²) in [4.78, 5) is 33.2. The Morgan fingerprint density at radius 2 is 0.918 bits per heavy atom. The Hall–Kier alpha value is -9.84. The monoisotopic (exact) mass is 933 g/mol. The first-order valence-corrected chi connectivity index (χ1v) is 24.6. The van der Waals surface area contributed by atoms with Crippen molar-refractivity contribution in [3.63, 3.8) is 0 Å². The number of benzene rings is 12. The van der Waals surface area contributed by atoms with Crippen molar-refractivity contribution in [2.75, 3.05) is 4.90 Å². The second kappa shape index (κ2) is 15.8. The Bertz CT molecular complexity index is 4650. The van der Waals surface area contributed by atoms with Gasteiger partial charge in [-0.15, -0.1) is 0 Å². The highest BCUT2D eigenvalue weighted by Gasteiger charge is 2.40. The van der Waals surface area contributed by atoms with Crippen LogP contribution < -0.4 is 4.90 Å². The number of carbonyl (C=O) groups is 2. The van der Waals surface area contributed by atoms with Gasteiger partial charge in [0.15, 0.2) is 0 Å². The van der Waals surface area contributed by atoms with Crippen molar-refractivity contribution in [2.45, 2.75) is 0 Å². The lowest BCUT2D eigenvalue weighted by Crippen LogP contribution is -2.25. The highest BCUT2D eigenvalue weighted by Crippen LogP contribution is 2.54. The molecule has 14 aromatic rings. The van der Waals surface area contributed by atoms with Crippen molar-refractivity contribution < 1.29 is 18.4 Å². The smallest absolute Gasteiger partial charge is 0.236 e. The molecule has 1 aliphatic carbocycles. The number of ketones is 2. The van der Waals surface area contributed by atoms with Crippen molar-refractivity contribution in [3.8, 4) is 44.5 Å². The van der Waals surface area contributed by atoms with Crippen LogP contribution in [0, 0.1) is 0 Å². The topological polar surface area (TPSA) is 63.7 Å². The third-order valence-corrected chi connectivity index (χ3v) is 15.0. The van der Waals surface area contributed by atoms with Gasteiger partial charge in [0, 0.05) is 54.9 Å². The summed E-state index contributed by atoms with van der Waals surface area (Å²) in [6, 6.07) is 81.0. The fourth-order valence-corrected chi connectivity index (χ4v) is 11.7. The molecule has 12 aromatic carbocycles. The van der Waals surface area contributed by atoms with E-state index in [1.165, 1.54) is 0 Å². The number of hydrogen-bond acceptors (Lipinski definition) is 5. The van der Waals surface area contributed by atoms with E-state index >= 15 is 9.59 Å². The molecule has 15 rings (SSSR count). The standard InChI is InChI=1S/C68H39NO4/c70-65-54-34-35-59-61(55-31-15-30-53(67(55)72-59)50-29-14-22-42-20-7-9-25-47(42)50)62(54)64-63(66(65)71)58(39-56-52-33-32-44(38-60(52)73-68(56)64)41-18-5-2-6-19-41)69(46-24-13-23-43(36-46)40-16-3-1-4-17-40)57-37-45-21-8-10-26-48(45)49-27-11-12-28-51(49)57/h1-39H. The molecule has 0 unspecified atom stereocenters. The van der Waals surface area contributed by atoms with Gasteiger partial charge in [0.1, 0.15) is 22.3 Å². The van der Waals surface area contributed by atoms with Crippen LogP contribution >= 0.6 is 0 Å². The summed E-state index contributed by atoms with van der Waals surface area (Å²) in [6.45, 7) is 0. The number of fused-ring (bicyclic) bond motifs is 15. The number of carbonyl (C=O) groups excluding carboxylic acids is 2. The molecule has 5 heteroatoms. The van der Waals surface area contributed by atoms with E-state index in [0.29, 0.717) is 44.7 Å². The minimum absolute atomic E-state index is 0.266. The van der Waals surface area contributed by atoms with Crippen LogP contribution in [-0.4, -0.2) is 11.6 Å². The fourth-order valence-electron chi connectivity index (χ4n) is 11.7. The van der Waals surface area contributed by atoms with E-state index < -0.39 is 11.6 Å². The van der Waals surface area contributed by atoms with Gasteiger partial charge < -0.3 is 13.7 Å². The highest BCUT2D eigenvalue weighted by molar-refractivity contribution is 6.56. The zero-order valence-electron chi connectivity index (χ0n) is 39.1. The van der Waals surface area contributed by atoms with Crippen LogP contribution in [0.15, 0.2) is 245 Å². The quantitative estimate of drug-likeness (QED) is 0.123. The van der Waals surface area contributed by atoms with E-state index in [1.807, 2.05) is 42.5 Å². The fraction of sp³-hybridized carbons (Fsp3) is 0. The van der Waals surface area contributed by atoms with Gasteiger partial charge in [-0.1, -0.05) is 188 Å². The molecular weight excluding hydrogens is 895 g/mol. The number of rotatable bonds is 6. The molecule has 0 N–H and O–H groups in total. The molecule has 5 nitrogen and oxygen atoms in total. The number of Topliss-reactive ketones (excluding diaryl/α,β-unsaturated/α-hetero) is 2. The van der Waals surface area contributed by atoms with E-state index in [9.17, 15) is 0 Å². The molecule has 0 saturated heterocycles. The van der Waals surface area contributed by atoms with E-state index in [0.717, 1.165) is 98.6 Å². The average molecular weight is 934 g/mol. The average Bonchev–Trinajstić information content (AvgIpc) is 4.03. The first-order valence-electron chi connectivity index (χ1n) is 24.6. The summed E-state index contributed by atoms with van der Waals surface area (Å²) in [6.07, 6.45) is 0. The molecular formula is C68H39NO4. The molecule has 73 heavy (non-hydrogen) atoms. The van der Waals surface area contributed by atoms with Crippen molar-refractivity contribution >= 4 is 105 Å². The summed E-state index contributed by atoms with van der Waals surface area (Å²) in [5.41, 5.74) is 12.5. The lowest BCUT2D eigenvalue weighted by molar-refractivity contribution is 0.0816. The first-order chi connectivity index (χ1) is 36.1. The minimum Gasteiger partial charge on any atom is -0.455 e. The highest BCUT2D eigenvalue weighted by atomic mass is 16.3. The molecule has 2 heterocycles. The Morgan fingerprint density at radius 3 is 1.73 bits per heavy atom. The molecule has 0 aliphatic heterocycles. The van der Waals surface area contributed by atoms with Gasteiger partial charge in [-0.2, -0.15) is 0 Å². The zero-order valence-corrected chi connectivity index (χ0v) is 39.1. The number of nitrogens with zero attached hydrogens (tertiary/aromatic N) is 1. The number of anilines is 3. The number of hydrogen-bond donors (Lipinski definition) is 0. The summed E-state index contributed by atoms with van der Waals surface area (Å²) in [5.74, 6) is -1.20. The molecule has 0 spiro atoms. The van der Waals surface area contributed by atoms with Gasteiger partial charge in [0.05, 0.1) is 16.9 Å². The van der Waals surface area contributed by atoms with E-state index in [4.69, 9.17) is 8.83 Å². The summed E-state index contributed by atoms with van der Waals surface area (Å²) < 4.78 is 14.2. The molecule has 1 aliphatic rings. The van der Waals surface area contributed by atoms with Crippen LogP contribution in [0.5, 0.6) is 0 Å². The zero-order chi connectivity index (χ0) is 48.3. The first kappa shape index (κ1) is 41.0. The molecule has 0 atom stereocenters. The van der Waals surface area contributed by atoms with Crippen LogP contribution in [0.4, 0.5) is 17.1 Å². The Morgan fingerprint density at radius 1 is 0.301 bits per heavy atom. The van der Waals surface area contributed by atoms with Crippen LogP contribution in [0.25, 0.3) is 121 Å². The molecule has 340 valence electrons. The normalized spacial score (nSPS) is 12.4. The number of furan rings is 2. The third kappa shape index (κ3) is 6.16. The second-order valence-electron chi connectivity index (χ2n) is 18.9. The van der Waals surface area contributed by atoms with Crippen molar-refractivity contribution in [1.29, 1.82) is 0 Å². The van der Waals surface area contributed by atoms with Gasteiger partial charge in [-0.25, -0.2) is 0 Å². The maximum atomic E-state index is 15.7. The molecule has 0 amide bonds. The summed E-state index contributed by atoms with van der Waals surface area (Å²) in [7, 11) is 0. The maximum Gasteiger partial charge on any atom is 0.236 e.